The Bertz CT molecular complexity index is 896. The third-order valence-corrected chi connectivity index (χ3v) is 4.06. The van der Waals surface area contributed by atoms with Crippen LogP contribution in [0.2, 0.25) is 0 Å². The van der Waals surface area contributed by atoms with Gasteiger partial charge in [0.15, 0.2) is 6.04 Å². The summed E-state index contributed by atoms with van der Waals surface area (Å²) in [5.41, 5.74) is 1.42. The first-order chi connectivity index (χ1) is 11.6. The molecule has 3 rings (SSSR count). The van der Waals surface area contributed by atoms with Crippen LogP contribution >= 0.6 is 0 Å². The SMILES string of the molecule is C[S+]([O-])Cc1cn2cccc(C(=O)NC(C#N)c3ccco3)c2n1. The second-order valence-electron chi connectivity index (χ2n) is 5.15. The fraction of sp³-hybridized carbons (Fsp3) is 0.188. The summed E-state index contributed by atoms with van der Waals surface area (Å²) in [7, 11) is 0. The topological polar surface area (TPSA) is 106 Å². The summed E-state index contributed by atoms with van der Waals surface area (Å²) in [6.45, 7) is 0. The van der Waals surface area contributed by atoms with E-state index in [9.17, 15) is 14.6 Å². The zero-order valence-electron chi connectivity index (χ0n) is 12.8. The minimum Gasteiger partial charge on any atom is -0.616 e. The van der Waals surface area contributed by atoms with Crippen LogP contribution in [0, 0.1) is 11.3 Å². The first-order valence-corrected chi connectivity index (χ1v) is 8.81. The number of carbonyl (C=O) groups is 1. The average molecular weight is 342 g/mol. The zero-order valence-corrected chi connectivity index (χ0v) is 13.6. The highest BCUT2D eigenvalue weighted by Gasteiger charge is 2.20. The van der Waals surface area contributed by atoms with Gasteiger partial charge < -0.3 is 18.7 Å². The summed E-state index contributed by atoms with van der Waals surface area (Å²) in [6.07, 6.45) is 6.54. The molecule has 24 heavy (non-hydrogen) atoms. The standard InChI is InChI=1S/C16H14N4O3S/c1-24(22)10-11-9-20-6-2-4-12(15(20)18-11)16(21)19-13(8-17)14-5-3-7-23-14/h2-7,9,13H,10H2,1H3,(H,19,21). The number of furan rings is 1. The number of imidazole rings is 1. The van der Waals surface area contributed by atoms with Gasteiger partial charge in [0.25, 0.3) is 5.91 Å². The van der Waals surface area contributed by atoms with Crippen molar-refractivity contribution in [3.05, 3.63) is 59.9 Å². The predicted octanol–water partition coefficient (Wildman–Crippen LogP) is 1.80. The minimum atomic E-state index is -1.02. The molecule has 3 aromatic rings. The van der Waals surface area contributed by atoms with Gasteiger partial charge in [-0.3, -0.25) is 4.79 Å². The average Bonchev–Trinajstić information content (AvgIpc) is 3.20. The Balaban J connectivity index is 1.89. The largest absolute Gasteiger partial charge is 0.616 e. The van der Waals surface area contributed by atoms with Gasteiger partial charge in [0.1, 0.15) is 22.9 Å². The zero-order chi connectivity index (χ0) is 17.1. The molecule has 0 fully saturated rings. The second kappa shape index (κ2) is 6.78. The highest BCUT2D eigenvalue weighted by molar-refractivity contribution is 7.89. The van der Waals surface area contributed by atoms with Gasteiger partial charge >= 0.3 is 0 Å². The lowest BCUT2D eigenvalue weighted by molar-refractivity contribution is 0.0942. The number of nitrogens with zero attached hydrogens (tertiary/aromatic N) is 3. The molecule has 0 aliphatic rings. The van der Waals surface area contributed by atoms with E-state index in [1.54, 1.807) is 47.3 Å². The van der Waals surface area contributed by atoms with Gasteiger partial charge in [0, 0.05) is 12.4 Å². The number of carbonyl (C=O) groups excluding carboxylic acids is 1. The number of fused-ring (bicyclic) bond motifs is 1. The molecule has 0 aromatic carbocycles. The molecule has 1 N–H and O–H groups in total. The van der Waals surface area contributed by atoms with Crippen LogP contribution in [0.3, 0.4) is 0 Å². The molecule has 0 aliphatic carbocycles. The van der Waals surface area contributed by atoms with Crippen LogP contribution in [-0.2, 0) is 16.9 Å². The van der Waals surface area contributed by atoms with E-state index in [0.29, 0.717) is 28.4 Å². The molecule has 2 unspecified atom stereocenters. The van der Waals surface area contributed by atoms with Crippen LogP contribution < -0.4 is 5.32 Å². The van der Waals surface area contributed by atoms with E-state index in [2.05, 4.69) is 10.3 Å². The molecule has 0 saturated heterocycles. The van der Waals surface area contributed by atoms with E-state index in [4.69, 9.17) is 4.42 Å². The van der Waals surface area contributed by atoms with E-state index < -0.39 is 23.1 Å². The van der Waals surface area contributed by atoms with Crippen molar-refractivity contribution in [3.63, 3.8) is 0 Å². The Morgan fingerprint density at radius 3 is 3.04 bits per heavy atom. The van der Waals surface area contributed by atoms with Gasteiger partial charge in [-0.25, -0.2) is 4.98 Å². The monoisotopic (exact) mass is 342 g/mol. The molecule has 0 radical (unpaired) electrons. The van der Waals surface area contributed by atoms with E-state index in [-0.39, 0.29) is 0 Å². The molecule has 0 saturated carbocycles. The number of hydrogen-bond donors (Lipinski definition) is 1. The summed E-state index contributed by atoms with van der Waals surface area (Å²) in [6, 6.07) is 7.72. The molecule has 3 aromatic heterocycles. The predicted molar refractivity (Wildman–Crippen MR) is 87.5 cm³/mol. The molecule has 0 bridgehead atoms. The second-order valence-corrected chi connectivity index (χ2v) is 6.59. The van der Waals surface area contributed by atoms with E-state index in [0.717, 1.165) is 0 Å². The van der Waals surface area contributed by atoms with Gasteiger partial charge in [-0.2, -0.15) is 5.26 Å². The normalized spacial score (nSPS) is 13.4. The molecule has 122 valence electrons. The lowest BCUT2D eigenvalue weighted by Gasteiger charge is -2.09. The van der Waals surface area contributed by atoms with E-state index in [1.807, 2.05) is 6.07 Å². The molecule has 2 atom stereocenters. The third kappa shape index (κ3) is 3.27. The Hall–Kier alpha value is -2.76. The number of nitrogens with one attached hydrogen (secondary N) is 1. The van der Waals surface area contributed by atoms with Crippen molar-refractivity contribution in [1.29, 1.82) is 5.26 Å². The van der Waals surface area contributed by atoms with Crippen molar-refractivity contribution in [2.45, 2.75) is 11.8 Å². The highest BCUT2D eigenvalue weighted by Crippen LogP contribution is 2.16. The summed E-state index contributed by atoms with van der Waals surface area (Å²) < 4.78 is 18.2. The van der Waals surface area contributed by atoms with Crippen LogP contribution in [0.5, 0.6) is 0 Å². The molecule has 0 aliphatic heterocycles. The van der Waals surface area contributed by atoms with Gasteiger partial charge in [-0.1, -0.05) is 11.2 Å². The maximum absolute atomic E-state index is 12.5. The van der Waals surface area contributed by atoms with Crippen LogP contribution in [0.4, 0.5) is 0 Å². The molecule has 1 amide bonds. The van der Waals surface area contributed by atoms with Crippen LogP contribution in [0.1, 0.15) is 27.9 Å². The van der Waals surface area contributed by atoms with Crippen molar-refractivity contribution in [2.75, 3.05) is 6.26 Å². The van der Waals surface area contributed by atoms with Crippen LogP contribution in [0.25, 0.3) is 5.65 Å². The van der Waals surface area contributed by atoms with E-state index >= 15 is 0 Å². The van der Waals surface area contributed by atoms with Crippen LogP contribution in [0.15, 0.2) is 47.3 Å². The molecule has 3 heterocycles. The Morgan fingerprint density at radius 2 is 2.38 bits per heavy atom. The summed E-state index contributed by atoms with van der Waals surface area (Å²) in [5, 5.41) is 11.9. The smallest absolute Gasteiger partial charge is 0.256 e. The van der Waals surface area contributed by atoms with E-state index in [1.165, 1.54) is 6.26 Å². The van der Waals surface area contributed by atoms with Gasteiger partial charge in [0.05, 0.1) is 24.2 Å². The van der Waals surface area contributed by atoms with Gasteiger partial charge in [0.2, 0.25) is 0 Å². The number of hydrogen-bond acceptors (Lipinski definition) is 5. The number of rotatable bonds is 5. The lowest BCUT2D eigenvalue weighted by atomic mass is 10.2. The van der Waals surface area contributed by atoms with Crippen molar-refractivity contribution in [2.24, 2.45) is 0 Å². The Kier molecular flexibility index (Phi) is 4.55. The van der Waals surface area contributed by atoms with Crippen molar-refractivity contribution >= 4 is 22.7 Å². The van der Waals surface area contributed by atoms with Gasteiger partial charge in [-0.05, 0) is 24.3 Å². The lowest BCUT2D eigenvalue weighted by Crippen LogP contribution is -2.27. The minimum absolute atomic E-state index is 0.315. The number of aromatic nitrogens is 2. The summed E-state index contributed by atoms with van der Waals surface area (Å²) in [4.78, 5) is 16.9. The van der Waals surface area contributed by atoms with Crippen molar-refractivity contribution in [3.8, 4) is 6.07 Å². The fourth-order valence-electron chi connectivity index (χ4n) is 2.35. The van der Waals surface area contributed by atoms with Crippen molar-refractivity contribution < 1.29 is 13.8 Å². The number of amides is 1. The van der Waals surface area contributed by atoms with Gasteiger partial charge in [-0.15, -0.1) is 0 Å². The third-order valence-electron chi connectivity index (χ3n) is 3.36. The Morgan fingerprint density at radius 1 is 1.54 bits per heavy atom. The molecule has 0 spiro atoms. The summed E-state index contributed by atoms with van der Waals surface area (Å²) >= 11 is -1.02. The molecular formula is C16H14N4O3S. The molecule has 7 nitrogen and oxygen atoms in total. The fourth-order valence-corrected chi connectivity index (χ4v) is 2.91. The maximum Gasteiger partial charge on any atom is 0.256 e. The number of pyridine rings is 1. The highest BCUT2D eigenvalue weighted by atomic mass is 32.2. The molecule has 8 heteroatoms. The summed E-state index contributed by atoms with van der Waals surface area (Å²) in [5.74, 6) is 0.247. The quantitative estimate of drug-likeness (QED) is 0.712. The number of nitriles is 1. The van der Waals surface area contributed by atoms with Crippen LogP contribution in [-0.4, -0.2) is 26.1 Å². The first kappa shape index (κ1) is 16.1. The maximum atomic E-state index is 12.5. The molecular weight excluding hydrogens is 328 g/mol. The first-order valence-electron chi connectivity index (χ1n) is 7.09. The van der Waals surface area contributed by atoms with Crippen molar-refractivity contribution in [1.82, 2.24) is 14.7 Å². The Labute approximate surface area is 141 Å².